The highest BCUT2D eigenvalue weighted by molar-refractivity contribution is 5.02. The van der Waals surface area contributed by atoms with Crippen LogP contribution in [0.1, 0.15) is 58.3 Å². The molecule has 3 fully saturated rings. The lowest BCUT2D eigenvalue weighted by molar-refractivity contribution is -0.000702. The average Bonchev–Trinajstić information content (AvgIpc) is 2.94. The lowest BCUT2D eigenvalue weighted by atomic mass is 9.87. The van der Waals surface area contributed by atoms with Gasteiger partial charge in [0.15, 0.2) is 0 Å². The number of nitrogens with one attached hydrogen (secondary N) is 1. The molecule has 2 heterocycles. The molecular weight excluding hydrogens is 248 g/mol. The van der Waals surface area contributed by atoms with Crippen LogP contribution in [0.4, 0.5) is 0 Å². The molecule has 3 heteroatoms. The second-order valence-corrected chi connectivity index (χ2v) is 7.26. The number of nitrogens with zero attached hydrogens (tertiary/aromatic N) is 1. The zero-order valence-corrected chi connectivity index (χ0v) is 13.2. The molecule has 2 aliphatic heterocycles. The Morgan fingerprint density at radius 1 is 1.20 bits per heavy atom. The van der Waals surface area contributed by atoms with Gasteiger partial charge in [0.2, 0.25) is 0 Å². The van der Waals surface area contributed by atoms with Crippen molar-refractivity contribution in [3.63, 3.8) is 0 Å². The van der Waals surface area contributed by atoms with Crippen LogP contribution < -0.4 is 5.32 Å². The summed E-state index contributed by atoms with van der Waals surface area (Å²) in [6, 6.07) is 0.728. The van der Waals surface area contributed by atoms with Gasteiger partial charge < -0.3 is 10.1 Å². The van der Waals surface area contributed by atoms with Crippen molar-refractivity contribution in [1.29, 1.82) is 0 Å². The summed E-state index contributed by atoms with van der Waals surface area (Å²) in [6.45, 7) is 8.13. The number of rotatable bonds is 4. The molecule has 3 nitrogen and oxygen atoms in total. The maximum Gasteiger partial charge on any atom is 0.0469 e. The highest BCUT2D eigenvalue weighted by Gasteiger charge is 2.43. The molecule has 0 radical (unpaired) electrons. The largest absolute Gasteiger partial charge is 0.381 e. The molecule has 1 N–H and O–H groups in total. The molecule has 2 saturated heterocycles. The van der Waals surface area contributed by atoms with Crippen molar-refractivity contribution < 1.29 is 4.74 Å². The van der Waals surface area contributed by atoms with Crippen LogP contribution in [0.2, 0.25) is 0 Å². The maximum absolute atomic E-state index is 5.53. The Morgan fingerprint density at radius 2 is 1.95 bits per heavy atom. The fourth-order valence-electron chi connectivity index (χ4n) is 4.55. The average molecular weight is 280 g/mol. The minimum atomic E-state index is 0.503. The van der Waals surface area contributed by atoms with Crippen LogP contribution in [0.5, 0.6) is 0 Å². The summed E-state index contributed by atoms with van der Waals surface area (Å²) in [5.41, 5.74) is 0.503. The molecule has 3 rings (SSSR count). The zero-order valence-electron chi connectivity index (χ0n) is 13.2. The SMILES string of the molecule is CCCC1CN(CC2CCOCC2)C2(CCCC2)CN1. The molecule has 0 aromatic heterocycles. The minimum Gasteiger partial charge on any atom is -0.381 e. The maximum atomic E-state index is 5.53. The summed E-state index contributed by atoms with van der Waals surface area (Å²) in [7, 11) is 0. The third-order valence-corrected chi connectivity index (χ3v) is 5.82. The summed E-state index contributed by atoms with van der Waals surface area (Å²) >= 11 is 0. The van der Waals surface area contributed by atoms with Crippen LogP contribution in [0.3, 0.4) is 0 Å². The van der Waals surface area contributed by atoms with Gasteiger partial charge in [-0.3, -0.25) is 4.90 Å². The molecule has 1 saturated carbocycles. The van der Waals surface area contributed by atoms with Gasteiger partial charge in [-0.2, -0.15) is 0 Å². The van der Waals surface area contributed by atoms with Crippen molar-refractivity contribution in [2.75, 3.05) is 32.8 Å². The number of hydrogen-bond acceptors (Lipinski definition) is 3. The van der Waals surface area contributed by atoms with E-state index in [1.54, 1.807) is 0 Å². The Kier molecular flexibility index (Phi) is 5.00. The van der Waals surface area contributed by atoms with Crippen LogP contribution in [0.25, 0.3) is 0 Å². The molecule has 0 bridgehead atoms. The van der Waals surface area contributed by atoms with E-state index in [0.717, 1.165) is 25.2 Å². The molecule has 1 atom stereocenters. The standard InChI is InChI=1S/C17H32N2O/c1-2-5-16-13-19(12-15-6-10-20-11-7-15)17(14-18-16)8-3-4-9-17/h15-16,18H,2-14H2,1H3. The molecule has 20 heavy (non-hydrogen) atoms. The van der Waals surface area contributed by atoms with E-state index in [-0.39, 0.29) is 0 Å². The van der Waals surface area contributed by atoms with Crippen molar-refractivity contribution in [2.24, 2.45) is 5.92 Å². The molecule has 0 aromatic rings. The second-order valence-electron chi connectivity index (χ2n) is 7.26. The smallest absolute Gasteiger partial charge is 0.0469 e. The first kappa shape index (κ1) is 14.8. The van der Waals surface area contributed by atoms with Crippen LogP contribution in [-0.4, -0.2) is 49.3 Å². The molecule has 116 valence electrons. The summed E-state index contributed by atoms with van der Waals surface area (Å²) in [4.78, 5) is 2.90. The second kappa shape index (κ2) is 6.76. The molecule has 3 aliphatic rings. The minimum absolute atomic E-state index is 0.503. The van der Waals surface area contributed by atoms with Gasteiger partial charge in [0.25, 0.3) is 0 Å². The van der Waals surface area contributed by atoms with Gasteiger partial charge in [0.1, 0.15) is 0 Å². The quantitative estimate of drug-likeness (QED) is 0.857. The molecular formula is C17H32N2O. The lowest BCUT2D eigenvalue weighted by Crippen LogP contribution is -2.64. The highest BCUT2D eigenvalue weighted by Crippen LogP contribution is 2.38. The first-order valence-electron chi connectivity index (χ1n) is 8.88. The summed E-state index contributed by atoms with van der Waals surface area (Å²) in [6.07, 6.45) is 10.9. The molecule has 1 aliphatic carbocycles. The van der Waals surface area contributed by atoms with Gasteiger partial charge in [0.05, 0.1) is 0 Å². The van der Waals surface area contributed by atoms with Gasteiger partial charge in [-0.05, 0) is 38.0 Å². The monoisotopic (exact) mass is 280 g/mol. The summed E-state index contributed by atoms with van der Waals surface area (Å²) in [5, 5.41) is 3.85. The van der Waals surface area contributed by atoms with E-state index in [1.807, 2.05) is 0 Å². The first-order chi connectivity index (χ1) is 9.82. The van der Waals surface area contributed by atoms with Gasteiger partial charge in [0, 0.05) is 44.4 Å². The van der Waals surface area contributed by atoms with Crippen molar-refractivity contribution in [3.05, 3.63) is 0 Å². The van der Waals surface area contributed by atoms with E-state index >= 15 is 0 Å². The molecule has 1 spiro atoms. The molecule has 1 unspecified atom stereocenters. The Balaban J connectivity index is 1.64. The van der Waals surface area contributed by atoms with E-state index in [9.17, 15) is 0 Å². The fraction of sp³-hybridized carbons (Fsp3) is 1.00. The third kappa shape index (κ3) is 3.20. The van der Waals surface area contributed by atoms with Gasteiger partial charge >= 0.3 is 0 Å². The Labute approximate surface area is 124 Å². The normalized spacial score (nSPS) is 31.9. The Bertz CT molecular complexity index is 295. The van der Waals surface area contributed by atoms with Crippen molar-refractivity contribution in [3.8, 4) is 0 Å². The van der Waals surface area contributed by atoms with E-state index < -0.39 is 0 Å². The Morgan fingerprint density at radius 3 is 2.65 bits per heavy atom. The Hall–Kier alpha value is -0.120. The van der Waals surface area contributed by atoms with Crippen LogP contribution >= 0.6 is 0 Å². The topological polar surface area (TPSA) is 24.5 Å². The third-order valence-electron chi connectivity index (χ3n) is 5.82. The van der Waals surface area contributed by atoms with Crippen LogP contribution in [0, 0.1) is 5.92 Å². The predicted molar refractivity (Wildman–Crippen MR) is 83.0 cm³/mol. The van der Waals surface area contributed by atoms with Gasteiger partial charge in [-0.25, -0.2) is 0 Å². The zero-order chi connectivity index (χ0) is 13.8. The molecule has 0 amide bonds. The van der Waals surface area contributed by atoms with Crippen LogP contribution in [-0.2, 0) is 4.74 Å². The highest BCUT2D eigenvalue weighted by atomic mass is 16.5. The van der Waals surface area contributed by atoms with Crippen molar-refractivity contribution >= 4 is 0 Å². The first-order valence-corrected chi connectivity index (χ1v) is 8.88. The van der Waals surface area contributed by atoms with Gasteiger partial charge in [-0.1, -0.05) is 26.2 Å². The van der Waals surface area contributed by atoms with Crippen molar-refractivity contribution in [2.45, 2.75) is 69.9 Å². The summed E-state index contributed by atoms with van der Waals surface area (Å²) in [5.74, 6) is 0.876. The van der Waals surface area contributed by atoms with E-state index in [4.69, 9.17) is 4.74 Å². The molecule has 0 aromatic carbocycles. The van der Waals surface area contributed by atoms with E-state index in [0.29, 0.717) is 5.54 Å². The summed E-state index contributed by atoms with van der Waals surface area (Å²) < 4.78 is 5.53. The predicted octanol–water partition coefficient (Wildman–Crippen LogP) is 2.80. The number of piperazine rings is 1. The van der Waals surface area contributed by atoms with Gasteiger partial charge in [-0.15, -0.1) is 0 Å². The number of hydrogen-bond donors (Lipinski definition) is 1. The fourth-order valence-corrected chi connectivity index (χ4v) is 4.55. The van der Waals surface area contributed by atoms with Crippen LogP contribution in [0.15, 0.2) is 0 Å². The van der Waals surface area contributed by atoms with E-state index in [2.05, 4.69) is 17.1 Å². The number of ether oxygens (including phenoxy) is 1. The lowest BCUT2D eigenvalue weighted by Gasteiger charge is -2.50. The van der Waals surface area contributed by atoms with E-state index in [1.165, 1.54) is 71.0 Å². The van der Waals surface area contributed by atoms with Crippen molar-refractivity contribution in [1.82, 2.24) is 10.2 Å².